The van der Waals surface area contributed by atoms with Crippen molar-refractivity contribution in [3.05, 3.63) is 35.9 Å². The number of carbonyl (C=O) groups is 1. The van der Waals surface area contributed by atoms with Gasteiger partial charge in [-0.2, -0.15) is 0 Å². The highest BCUT2D eigenvalue weighted by Gasteiger charge is 2.19. The van der Waals surface area contributed by atoms with E-state index < -0.39 is 11.7 Å². The van der Waals surface area contributed by atoms with Gasteiger partial charge in [-0.1, -0.05) is 44.2 Å². The highest BCUT2D eigenvalue weighted by Crippen LogP contribution is 2.09. The zero-order valence-corrected chi connectivity index (χ0v) is 14.3. The Hall–Kier alpha value is -1.84. The number of rotatable bonds is 6. The number of nitrogens with zero attached hydrogens (tertiary/aromatic N) is 1. The Morgan fingerprint density at radius 3 is 2.45 bits per heavy atom. The van der Waals surface area contributed by atoms with E-state index in [4.69, 9.17) is 4.74 Å². The van der Waals surface area contributed by atoms with Crippen LogP contribution in [0.25, 0.3) is 0 Å². The molecule has 22 heavy (non-hydrogen) atoms. The van der Waals surface area contributed by atoms with Gasteiger partial charge in [-0.25, -0.2) is 4.79 Å². The average Bonchev–Trinajstić information content (AvgIpc) is 2.36. The van der Waals surface area contributed by atoms with Crippen molar-refractivity contribution in [2.24, 2.45) is 10.9 Å². The summed E-state index contributed by atoms with van der Waals surface area (Å²) in [7, 11) is 0. The van der Waals surface area contributed by atoms with Gasteiger partial charge in [0.2, 0.25) is 0 Å². The van der Waals surface area contributed by atoms with Crippen molar-refractivity contribution in [3.8, 4) is 0 Å². The lowest BCUT2D eigenvalue weighted by molar-refractivity contribution is 0.0515. The molecule has 0 bridgehead atoms. The number of carbonyl (C=O) groups excluding carboxylic acids is 1. The molecule has 1 N–H and O–H groups in total. The lowest BCUT2D eigenvalue weighted by atomic mass is 10.0. The maximum atomic E-state index is 11.9. The molecule has 0 aliphatic carbocycles. The number of ether oxygens (including phenoxy) is 1. The van der Waals surface area contributed by atoms with E-state index in [1.54, 1.807) is 0 Å². The van der Waals surface area contributed by atoms with Crippen LogP contribution in [0.2, 0.25) is 0 Å². The quantitative estimate of drug-likeness (QED) is 0.801. The average molecular weight is 304 g/mol. The monoisotopic (exact) mass is 304 g/mol. The lowest BCUT2D eigenvalue weighted by Gasteiger charge is -2.22. The first-order valence-electron chi connectivity index (χ1n) is 7.79. The fraction of sp³-hybridized carbons (Fsp3) is 0.556. The van der Waals surface area contributed by atoms with Crippen LogP contribution in [0.3, 0.4) is 0 Å². The van der Waals surface area contributed by atoms with Crippen molar-refractivity contribution in [2.45, 2.75) is 59.2 Å². The molecule has 1 aromatic carbocycles. The van der Waals surface area contributed by atoms with Crippen molar-refractivity contribution < 1.29 is 9.53 Å². The summed E-state index contributed by atoms with van der Waals surface area (Å²) >= 11 is 0. The summed E-state index contributed by atoms with van der Waals surface area (Å²) in [5.41, 5.74) is 0.660. The molecule has 0 aliphatic heterocycles. The second kappa shape index (κ2) is 8.57. The molecular weight excluding hydrogens is 276 g/mol. The van der Waals surface area contributed by atoms with Crippen LogP contribution in [0.1, 0.15) is 46.6 Å². The van der Waals surface area contributed by atoms with Crippen molar-refractivity contribution in [1.29, 1.82) is 0 Å². The van der Waals surface area contributed by atoms with Gasteiger partial charge >= 0.3 is 6.09 Å². The van der Waals surface area contributed by atoms with Gasteiger partial charge in [0.1, 0.15) is 5.60 Å². The highest BCUT2D eigenvalue weighted by molar-refractivity contribution is 5.75. The van der Waals surface area contributed by atoms with E-state index in [1.165, 1.54) is 0 Å². The van der Waals surface area contributed by atoms with Crippen molar-refractivity contribution in [3.63, 3.8) is 0 Å². The van der Waals surface area contributed by atoms with Crippen LogP contribution in [0.5, 0.6) is 0 Å². The van der Waals surface area contributed by atoms with Gasteiger partial charge in [-0.15, -0.1) is 0 Å². The molecule has 1 amide bonds. The fourth-order valence-corrected chi connectivity index (χ4v) is 1.99. The Bertz CT molecular complexity index is 476. The Morgan fingerprint density at radius 2 is 1.91 bits per heavy atom. The lowest BCUT2D eigenvalue weighted by Crippen LogP contribution is -2.40. The minimum atomic E-state index is -0.492. The van der Waals surface area contributed by atoms with Gasteiger partial charge in [0.25, 0.3) is 0 Å². The maximum Gasteiger partial charge on any atom is 0.408 e. The number of nitrogens with one attached hydrogen (secondary N) is 1. The molecule has 0 aromatic heterocycles. The third-order valence-corrected chi connectivity index (χ3v) is 2.83. The second-order valence-electron chi connectivity index (χ2n) is 6.86. The molecule has 0 spiro atoms. The van der Waals surface area contributed by atoms with Crippen LogP contribution in [0.4, 0.5) is 4.79 Å². The Kier molecular flexibility index (Phi) is 7.09. The van der Waals surface area contributed by atoms with Gasteiger partial charge in [0, 0.05) is 6.21 Å². The number of amides is 1. The summed E-state index contributed by atoms with van der Waals surface area (Å²) in [6.07, 6.45) is 2.25. The number of hydrogen-bond acceptors (Lipinski definition) is 3. The zero-order valence-electron chi connectivity index (χ0n) is 14.3. The highest BCUT2D eigenvalue weighted by atomic mass is 16.6. The molecule has 1 rings (SSSR count). The smallest absolute Gasteiger partial charge is 0.408 e. The molecule has 0 aliphatic rings. The summed E-state index contributed by atoms with van der Waals surface area (Å²) in [6.45, 7) is 10.4. The minimum absolute atomic E-state index is 0.112. The SMILES string of the molecule is CC(C)C[C@@H](C=NCc1ccccc1)NC(=O)OC(C)(C)C. The van der Waals surface area contributed by atoms with Crippen molar-refractivity contribution >= 4 is 12.3 Å². The van der Waals surface area contributed by atoms with Crippen molar-refractivity contribution in [2.75, 3.05) is 0 Å². The Labute approximate surface area is 134 Å². The summed E-state index contributed by atoms with van der Waals surface area (Å²) in [4.78, 5) is 16.3. The third kappa shape index (κ3) is 8.45. The van der Waals surface area contributed by atoms with Crippen LogP contribution in [-0.2, 0) is 11.3 Å². The first kappa shape index (κ1) is 18.2. The van der Waals surface area contributed by atoms with Crippen LogP contribution in [0.15, 0.2) is 35.3 Å². The molecule has 4 heteroatoms. The summed E-state index contributed by atoms with van der Waals surface area (Å²) in [5.74, 6) is 0.461. The van der Waals surface area contributed by atoms with E-state index in [0.29, 0.717) is 12.5 Å². The standard InChI is InChI=1S/C18H28N2O2/c1-14(2)11-16(20-17(21)22-18(3,4)5)13-19-12-15-9-7-6-8-10-15/h6-10,13-14,16H,11-12H2,1-5H3,(H,20,21)/t16-/m0/s1. The van der Waals surface area contributed by atoms with Crippen LogP contribution >= 0.6 is 0 Å². The molecule has 0 radical (unpaired) electrons. The second-order valence-corrected chi connectivity index (χ2v) is 6.86. The molecule has 0 unspecified atom stereocenters. The summed E-state index contributed by atoms with van der Waals surface area (Å²) in [5, 5.41) is 2.88. The molecule has 0 saturated heterocycles. The summed E-state index contributed by atoms with van der Waals surface area (Å²) in [6, 6.07) is 9.94. The Morgan fingerprint density at radius 1 is 1.27 bits per heavy atom. The van der Waals surface area contributed by atoms with Gasteiger partial charge < -0.3 is 10.1 Å². The molecule has 0 heterocycles. The fourth-order valence-electron chi connectivity index (χ4n) is 1.99. The van der Waals surface area contributed by atoms with E-state index in [0.717, 1.165) is 12.0 Å². The molecular formula is C18H28N2O2. The number of aliphatic imine (C=N–C) groups is 1. The van der Waals surface area contributed by atoms with Crippen LogP contribution in [0, 0.1) is 5.92 Å². The first-order chi connectivity index (χ1) is 10.3. The first-order valence-corrected chi connectivity index (χ1v) is 7.79. The normalized spacial score (nSPS) is 13.4. The maximum absolute atomic E-state index is 11.9. The molecule has 0 saturated carbocycles. The van der Waals surface area contributed by atoms with E-state index in [9.17, 15) is 4.79 Å². The van der Waals surface area contributed by atoms with E-state index in [1.807, 2.05) is 57.3 Å². The van der Waals surface area contributed by atoms with Gasteiger partial charge in [-0.3, -0.25) is 4.99 Å². The van der Waals surface area contributed by atoms with Crippen molar-refractivity contribution in [1.82, 2.24) is 5.32 Å². The molecule has 122 valence electrons. The topological polar surface area (TPSA) is 50.7 Å². The number of alkyl carbamates (subject to hydrolysis) is 1. The van der Waals surface area contributed by atoms with E-state index >= 15 is 0 Å². The van der Waals surface area contributed by atoms with E-state index in [2.05, 4.69) is 24.2 Å². The molecule has 0 fully saturated rings. The molecule has 4 nitrogen and oxygen atoms in total. The van der Waals surface area contributed by atoms with Gasteiger partial charge in [-0.05, 0) is 38.7 Å². The van der Waals surface area contributed by atoms with Gasteiger partial charge in [0.05, 0.1) is 12.6 Å². The minimum Gasteiger partial charge on any atom is -0.444 e. The predicted octanol–water partition coefficient (Wildman–Crippen LogP) is 4.20. The van der Waals surface area contributed by atoms with Crippen LogP contribution < -0.4 is 5.32 Å². The van der Waals surface area contributed by atoms with E-state index in [-0.39, 0.29) is 6.04 Å². The number of benzene rings is 1. The largest absolute Gasteiger partial charge is 0.444 e. The third-order valence-electron chi connectivity index (χ3n) is 2.83. The zero-order chi connectivity index (χ0) is 16.6. The van der Waals surface area contributed by atoms with Gasteiger partial charge in [0.15, 0.2) is 0 Å². The Balaban J connectivity index is 2.58. The molecule has 1 atom stereocenters. The van der Waals surface area contributed by atoms with Crippen LogP contribution in [-0.4, -0.2) is 24.0 Å². The number of hydrogen-bond donors (Lipinski definition) is 1. The molecule has 1 aromatic rings. The summed E-state index contributed by atoms with van der Waals surface area (Å²) < 4.78 is 5.30. The predicted molar refractivity (Wildman–Crippen MR) is 91.3 cm³/mol.